The van der Waals surface area contributed by atoms with Crippen molar-refractivity contribution in [3.05, 3.63) is 71.9 Å². The number of nitrogens with one attached hydrogen (secondary N) is 1. The molecule has 1 saturated carbocycles. The summed E-state index contributed by atoms with van der Waals surface area (Å²) in [5, 5.41) is 23.5. The second kappa shape index (κ2) is 7.98. The lowest BCUT2D eigenvalue weighted by Gasteiger charge is -2.38. The second-order valence-corrected chi connectivity index (χ2v) is 7.56. The minimum absolute atomic E-state index is 0.0390. The highest BCUT2D eigenvalue weighted by Crippen LogP contribution is 2.38. The number of aromatic nitrogens is 1. The van der Waals surface area contributed by atoms with Crippen molar-refractivity contribution in [2.45, 2.75) is 37.8 Å². The Labute approximate surface area is 164 Å². The molecule has 0 radical (unpaired) electrons. The van der Waals surface area contributed by atoms with Gasteiger partial charge in [0, 0.05) is 18.0 Å². The average Bonchev–Trinajstić information content (AvgIpc) is 2.68. The molecule has 1 atom stereocenters. The molecule has 2 aromatic carbocycles. The van der Waals surface area contributed by atoms with Crippen LogP contribution in [0, 0.1) is 5.92 Å². The summed E-state index contributed by atoms with van der Waals surface area (Å²) in [6.45, 7) is 0. The van der Waals surface area contributed by atoms with Crippen LogP contribution in [0.4, 0.5) is 0 Å². The van der Waals surface area contributed by atoms with Gasteiger partial charge in [-0.2, -0.15) is 0 Å². The maximum Gasteiger partial charge on any atom is 0.220 e. The molecule has 144 valence electrons. The second-order valence-electron chi connectivity index (χ2n) is 7.56. The van der Waals surface area contributed by atoms with Gasteiger partial charge >= 0.3 is 0 Å². The Hall–Kier alpha value is -2.92. The van der Waals surface area contributed by atoms with Gasteiger partial charge < -0.3 is 15.5 Å². The van der Waals surface area contributed by atoms with E-state index < -0.39 is 0 Å². The zero-order chi connectivity index (χ0) is 19.5. The quantitative estimate of drug-likeness (QED) is 0.615. The molecule has 0 aliphatic heterocycles. The summed E-state index contributed by atoms with van der Waals surface area (Å²) >= 11 is 0. The fraction of sp³-hybridized carbons (Fsp3) is 0.304. The number of aromatic hydroxyl groups is 1. The fourth-order valence-corrected chi connectivity index (χ4v) is 3.85. The van der Waals surface area contributed by atoms with Crippen LogP contribution in [0.1, 0.15) is 36.4 Å². The lowest BCUT2D eigenvalue weighted by atomic mass is 9.75. The van der Waals surface area contributed by atoms with Gasteiger partial charge in [-0.15, -0.1) is 0 Å². The third kappa shape index (κ3) is 4.15. The number of hydrogen-bond donors (Lipinski definition) is 3. The van der Waals surface area contributed by atoms with E-state index in [-0.39, 0.29) is 29.7 Å². The predicted octanol–water partition coefficient (Wildman–Crippen LogP) is 3.50. The normalized spacial score (nSPS) is 19.8. The number of phenols is 1. The minimum Gasteiger partial charge on any atom is -0.508 e. The van der Waals surface area contributed by atoms with Crippen molar-refractivity contribution in [2.24, 2.45) is 5.92 Å². The van der Waals surface area contributed by atoms with Crippen LogP contribution in [-0.4, -0.2) is 27.2 Å². The first kappa shape index (κ1) is 18.4. The molecule has 0 spiro atoms. The van der Waals surface area contributed by atoms with Gasteiger partial charge in [-0.05, 0) is 60.6 Å². The van der Waals surface area contributed by atoms with Crippen LogP contribution in [0.25, 0.3) is 10.9 Å². The van der Waals surface area contributed by atoms with Crippen LogP contribution in [0.5, 0.6) is 5.75 Å². The summed E-state index contributed by atoms with van der Waals surface area (Å²) in [7, 11) is 0. The topological polar surface area (TPSA) is 82.5 Å². The number of aryl methyl sites for hydroxylation is 1. The predicted molar refractivity (Wildman–Crippen MR) is 108 cm³/mol. The summed E-state index contributed by atoms with van der Waals surface area (Å²) in [5.41, 5.74) is 2.83. The maximum absolute atomic E-state index is 12.6. The van der Waals surface area contributed by atoms with Crippen molar-refractivity contribution in [1.29, 1.82) is 0 Å². The number of hydrogen-bond acceptors (Lipinski definition) is 4. The molecule has 1 aliphatic rings. The van der Waals surface area contributed by atoms with Crippen molar-refractivity contribution >= 4 is 16.8 Å². The number of aliphatic hydroxyl groups is 1. The van der Waals surface area contributed by atoms with E-state index in [9.17, 15) is 15.0 Å². The number of para-hydroxylation sites is 1. The van der Waals surface area contributed by atoms with Crippen molar-refractivity contribution in [3.63, 3.8) is 0 Å². The number of rotatable bonds is 6. The summed E-state index contributed by atoms with van der Waals surface area (Å²) in [6, 6.07) is 16.8. The highest BCUT2D eigenvalue weighted by Gasteiger charge is 2.35. The van der Waals surface area contributed by atoms with E-state index in [0.29, 0.717) is 25.7 Å². The summed E-state index contributed by atoms with van der Waals surface area (Å²) in [4.78, 5) is 17.1. The molecule has 0 saturated heterocycles. The number of phenolic OH excluding ortho intramolecular Hbond substituents is 1. The Morgan fingerprint density at radius 3 is 2.75 bits per heavy atom. The molecule has 3 aromatic rings. The third-order valence-electron chi connectivity index (χ3n) is 5.46. The van der Waals surface area contributed by atoms with Gasteiger partial charge in [0.25, 0.3) is 0 Å². The molecular formula is C23H24N2O3. The molecule has 1 heterocycles. The van der Waals surface area contributed by atoms with Crippen LogP contribution in [0.3, 0.4) is 0 Å². The van der Waals surface area contributed by atoms with Crippen LogP contribution < -0.4 is 5.32 Å². The molecule has 5 heteroatoms. The first-order chi connectivity index (χ1) is 13.6. The van der Waals surface area contributed by atoms with E-state index in [1.807, 2.05) is 36.5 Å². The Balaban J connectivity index is 1.48. The van der Waals surface area contributed by atoms with Crippen molar-refractivity contribution in [1.82, 2.24) is 10.3 Å². The van der Waals surface area contributed by atoms with Gasteiger partial charge in [0.2, 0.25) is 5.91 Å². The van der Waals surface area contributed by atoms with Gasteiger partial charge in [0.15, 0.2) is 0 Å². The number of nitrogens with zero attached hydrogens (tertiary/aromatic N) is 1. The largest absolute Gasteiger partial charge is 0.508 e. The number of pyridine rings is 1. The number of amides is 1. The van der Waals surface area contributed by atoms with E-state index in [0.717, 1.165) is 22.0 Å². The molecule has 1 fully saturated rings. The van der Waals surface area contributed by atoms with Crippen molar-refractivity contribution < 1.29 is 15.0 Å². The molecule has 5 nitrogen and oxygen atoms in total. The van der Waals surface area contributed by atoms with E-state index >= 15 is 0 Å². The van der Waals surface area contributed by atoms with Crippen LogP contribution >= 0.6 is 0 Å². The minimum atomic E-state index is -0.287. The molecule has 1 aliphatic carbocycles. The number of carbonyl (C=O) groups excluding carboxylic acids is 1. The molecule has 0 bridgehead atoms. The fourth-order valence-electron chi connectivity index (χ4n) is 3.85. The summed E-state index contributed by atoms with van der Waals surface area (Å²) < 4.78 is 0. The average molecular weight is 376 g/mol. The van der Waals surface area contributed by atoms with Gasteiger partial charge in [-0.25, -0.2) is 0 Å². The highest BCUT2D eigenvalue weighted by molar-refractivity contribution is 5.80. The van der Waals surface area contributed by atoms with Crippen molar-refractivity contribution in [2.75, 3.05) is 0 Å². The molecule has 0 unspecified atom stereocenters. The molecule has 28 heavy (non-hydrogen) atoms. The monoisotopic (exact) mass is 376 g/mol. The van der Waals surface area contributed by atoms with Crippen LogP contribution in [-0.2, 0) is 11.2 Å². The first-order valence-electron chi connectivity index (χ1n) is 9.68. The van der Waals surface area contributed by atoms with Gasteiger partial charge in [0.05, 0.1) is 17.7 Å². The van der Waals surface area contributed by atoms with Crippen LogP contribution in [0.15, 0.2) is 60.8 Å². The van der Waals surface area contributed by atoms with E-state index in [2.05, 4.69) is 16.4 Å². The third-order valence-corrected chi connectivity index (χ3v) is 5.46. The summed E-state index contributed by atoms with van der Waals surface area (Å²) in [5.74, 6) is 0.382. The van der Waals surface area contributed by atoms with Crippen molar-refractivity contribution in [3.8, 4) is 5.75 Å². The molecule has 1 amide bonds. The van der Waals surface area contributed by atoms with E-state index in [1.54, 1.807) is 18.2 Å². The number of carbonyl (C=O) groups is 1. The zero-order valence-corrected chi connectivity index (χ0v) is 15.6. The Morgan fingerprint density at radius 1 is 1.14 bits per heavy atom. The summed E-state index contributed by atoms with van der Waals surface area (Å²) in [6.07, 6.45) is 3.82. The molecular weight excluding hydrogens is 352 g/mol. The van der Waals surface area contributed by atoms with Gasteiger partial charge in [-0.1, -0.05) is 30.3 Å². The lowest BCUT2D eigenvalue weighted by Crippen LogP contribution is -2.41. The number of benzene rings is 2. The van der Waals surface area contributed by atoms with E-state index in [1.165, 1.54) is 0 Å². The SMILES string of the molecule is O=C(CCc1cccc(O)c1)N[C@@H](c1cnc2ccccc2c1)C1CC(O)C1. The standard InChI is InChI=1S/C23H24N2O3/c26-19-6-3-4-15(10-19)8-9-22(28)25-23(17-12-20(27)13-17)18-11-16-5-1-2-7-21(16)24-14-18/h1-7,10-11,14,17,20,23,26-27H,8-9,12-13H2,(H,25,28)/t17?,20?,23-/m1/s1. The molecule has 3 N–H and O–H groups in total. The lowest BCUT2D eigenvalue weighted by molar-refractivity contribution is -0.123. The zero-order valence-electron chi connectivity index (χ0n) is 15.6. The Bertz CT molecular complexity index is 982. The Kier molecular flexibility index (Phi) is 5.26. The smallest absolute Gasteiger partial charge is 0.220 e. The molecule has 1 aromatic heterocycles. The first-order valence-corrected chi connectivity index (χ1v) is 9.68. The number of fused-ring (bicyclic) bond motifs is 1. The van der Waals surface area contributed by atoms with Crippen LogP contribution in [0.2, 0.25) is 0 Å². The maximum atomic E-state index is 12.6. The number of aliphatic hydroxyl groups excluding tert-OH is 1. The van der Waals surface area contributed by atoms with Gasteiger partial charge in [-0.3, -0.25) is 9.78 Å². The Morgan fingerprint density at radius 2 is 1.96 bits per heavy atom. The van der Waals surface area contributed by atoms with Gasteiger partial charge in [0.1, 0.15) is 5.75 Å². The highest BCUT2D eigenvalue weighted by atomic mass is 16.3. The molecule has 4 rings (SSSR count). The van der Waals surface area contributed by atoms with E-state index in [4.69, 9.17) is 0 Å².